The Kier molecular flexibility index (Phi) is 7.34. The summed E-state index contributed by atoms with van der Waals surface area (Å²) in [5, 5.41) is 20.6. The molecule has 7 nitrogen and oxygen atoms in total. The molecule has 1 aliphatic rings. The first-order valence-corrected chi connectivity index (χ1v) is 12.8. The molecule has 40 heavy (non-hydrogen) atoms. The van der Waals surface area contributed by atoms with Gasteiger partial charge in [-0.3, -0.25) is 4.79 Å². The van der Waals surface area contributed by atoms with E-state index in [4.69, 9.17) is 0 Å². The van der Waals surface area contributed by atoms with E-state index in [1.54, 1.807) is 6.07 Å². The molecule has 1 fully saturated rings. The third-order valence-electron chi connectivity index (χ3n) is 7.13. The van der Waals surface area contributed by atoms with Crippen LogP contribution in [0.25, 0.3) is 11.3 Å². The predicted molar refractivity (Wildman–Crippen MR) is 144 cm³/mol. The second-order valence-corrected chi connectivity index (χ2v) is 9.84. The number of carbonyl (C=O) groups is 2. The van der Waals surface area contributed by atoms with Crippen molar-refractivity contribution < 1.29 is 27.9 Å². The van der Waals surface area contributed by atoms with Crippen LogP contribution in [0.5, 0.6) is 5.75 Å². The van der Waals surface area contributed by atoms with Crippen LogP contribution in [-0.4, -0.2) is 26.8 Å². The molecule has 10 heteroatoms. The second-order valence-electron chi connectivity index (χ2n) is 9.84. The molecule has 3 aromatic carbocycles. The van der Waals surface area contributed by atoms with Crippen LogP contribution in [0.3, 0.4) is 0 Å². The number of nitrogens with one attached hydrogen (secondary N) is 2. The van der Waals surface area contributed by atoms with Gasteiger partial charge in [0, 0.05) is 29.3 Å². The van der Waals surface area contributed by atoms with Gasteiger partial charge in [-0.1, -0.05) is 36.8 Å². The zero-order chi connectivity index (χ0) is 28.4. The van der Waals surface area contributed by atoms with Crippen LogP contribution in [0.15, 0.2) is 72.8 Å². The Balaban J connectivity index is 1.40. The summed E-state index contributed by atoms with van der Waals surface area (Å²) >= 11 is 0. The molecule has 0 atom stereocenters. The van der Waals surface area contributed by atoms with Gasteiger partial charge in [0.15, 0.2) is 0 Å². The molecule has 1 heterocycles. The van der Waals surface area contributed by atoms with Gasteiger partial charge in [-0.2, -0.15) is 23.0 Å². The first kappa shape index (κ1) is 27.0. The number of halogens is 3. The number of alkyl halides is 3. The van der Waals surface area contributed by atoms with Crippen LogP contribution in [0, 0.1) is 6.92 Å². The third-order valence-corrected chi connectivity index (χ3v) is 7.13. The summed E-state index contributed by atoms with van der Waals surface area (Å²) in [6.45, 7) is 2.29. The van der Waals surface area contributed by atoms with E-state index in [2.05, 4.69) is 15.7 Å². The van der Waals surface area contributed by atoms with Gasteiger partial charge >= 0.3 is 12.2 Å². The van der Waals surface area contributed by atoms with Crippen molar-refractivity contribution in [3.05, 3.63) is 101 Å². The zero-order valence-corrected chi connectivity index (χ0v) is 21.6. The van der Waals surface area contributed by atoms with E-state index < -0.39 is 23.7 Å². The number of hydrogen-bond donors (Lipinski definition) is 3. The van der Waals surface area contributed by atoms with Crippen molar-refractivity contribution in [2.24, 2.45) is 0 Å². The van der Waals surface area contributed by atoms with Crippen molar-refractivity contribution >= 4 is 17.6 Å². The lowest BCUT2D eigenvalue weighted by atomic mass is 9.82. The maximum Gasteiger partial charge on any atom is 0.416 e. The number of aromatic nitrogens is 2. The van der Waals surface area contributed by atoms with Gasteiger partial charge in [0.1, 0.15) is 5.75 Å². The van der Waals surface area contributed by atoms with Crippen LogP contribution in [0.1, 0.15) is 57.9 Å². The highest BCUT2D eigenvalue weighted by atomic mass is 19.4. The number of benzene rings is 3. The molecule has 2 amide bonds. The number of phenolic OH excluding ortho intramolecular Hbond substituents is 1. The SMILES string of the molecule is Cc1ccccc1CNC(=O)n1nc(-c2cc(NC(=O)c3cccc(C(F)(F)F)c3)ccc2O)cc1C1CCC1. The Hall–Kier alpha value is -4.60. The first-order chi connectivity index (χ1) is 19.1. The summed E-state index contributed by atoms with van der Waals surface area (Å²) in [6, 6.07) is 17.5. The summed E-state index contributed by atoms with van der Waals surface area (Å²) in [4.78, 5) is 25.9. The summed E-state index contributed by atoms with van der Waals surface area (Å²) in [7, 11) is 0. The van der Waals surface area contributed by atoms with E-state index in [1.165, 1.54) is 35.0 Å². The van der Waals surface area contributed by atoms with Crippen LogP contribution >= 0.6 is 0 Å². The Labute approximate surface area is 228 Å². The van der Waals surface area contributed by atoms with Crippen molar-refractivity contribution in [2.75, 3.05) is 5.32 Å². The Morgan fingerprint density at radius 1 is 1.02 bits per heavy atom. The van der Waals surface area contributed by atoms with Gasteiger partial charge in [-0.05, 0) is 73.4 Å². The number of hydrogen-bond acceptors (Lipinski definition) is 4. The van der Waals surface area contributed by atoms with Crippen molar-refractivity contribution in [3.63, 3.8) is 0 Å². The molecule has 1 saturated carbocycles. The predicted octanol–water partition coefficient (Wildman–Crippen LogP) is 6.86. The number of nitrogens with zero attached hydrogens (tertiary/aromatic N) is 2. The fourth-order valence-electron chi connectivity index (χ4n) is 4.60. The largest absolute Gasteiger partial charge is 0.507 e. The molecule has 1 aliphatic carbocycles. The zero-order valence-electron chi connectivity index (χ0n) is 21.6. The number of aryl methyl sites for hydroxylation is 1. The van der Waals surface area contributed by atoms with Gasteiger partial charge in [0.25, 0.3) is 5.91 Å². The number of phenols is 1. The molecule has 0 aliphatic heterocycles. The minimum atomic E-state index is -4.58. The summed E-state index contributed by atoms with van der Waals surface area (Å²) in [5.41, 5.74) is 2.52. The van der Waals surface area contributed by atoms with Crippen molar-refractivity contribution in [1.29, 1.82) is 0 Å². The number of amides is 2. The summed E-state index contributed by atoms with van der Waals surface area (Å²) < 4.78 is 40.6. The van der Waals surface area contributed by atoms with Gasteiger partial charge in [0.2, 0.25) is 0 Å². The van der Waals surface area contributed by atoms with Crippen LogP contribution in [0.2, 0.25) is 0 Å². The molecule has 1 aromatic heterocycles. The number of carbonyl (C=O) groups excluding carboxylic acids is 2. The molecule has 0 spiro atoms. The van der Waals surface area contributed by atoms with E-state index >= 15 is 0 Å². The Bertz CT molecular complexity index is 1570. The molecular weight excluding hydrogens is 521 g/mol. The lowest BCUT2D eigenvalue weighted by Gasteiger charge is -2.25. The lowest BCUT2D eigenvalue weighted by molar-refractivity contribution is -0.137. The summed E-state index contributed by atoms with van der Waals surface area (Å²) in [5.74, 6) is -0.711. The Morgan fingerprint density at radius 2 is 1.80 bits per heavy atom. The van der Waals surface area contributed by atoms with Gasteiger partial charge < -0.3 is 15.7 Å². The van der Waals surface area contributed by atoms with Crippen LogP contribution < -0.4 is 10.6 Å². The molecule has 0 unspecified atom stereocenters. The number of aromatic hydroxyl groups is 1. The quantitative estimate of drug-likeness (QED) is 0.229. The van der Waals surface area contributed by atoms with Crippen molar-refractivity contribution in [1.82, 2.24) is 15.1 Å². The highest BCUT2D eigenvalue weighted by Crippen LogP contribution is 2.39. The third kappa shape index (κ3) is 5.70. The fraction of sp³-hybridized carbons (Fsp3) is 0.233. The fourth-order valence-corrected chi connectivity index (χ4v) is 4.60. The van der Waals surface area contributed by atoms with Gasteiger partial charge in [0.05, 0.1) is 17.0 Å². The monoisotopic (exact) mass is 548 g/mol. The van der Waals surface area contributed by atoms with E-state index in [0.717, 1.165) is 48.2 Å². The highest BCUT2D eigenvalue weighted by Gasteiger charge is 2.31. The maximum atomic E-state index is 13.2. The smallest absolute Gasteiger partial charge is 0.416 e. The highest BCUT2D eigenvalue weighted by molar-refractivity contribution is 6.04. The summed E-state index contributed by atoms with van der Waals surface area (Å²) in [6.07, 6.45) is -1.71. The normalized spacial score (nSPS) is 13.5. The molecule has 4 aromatic rings. The second kappa shape index (κ2) is 10.9. The standard InChI is InChI=1S/C30H27F3N4O3/c1-18-6-2-3-7-21(18)17-34-29(40)37-26(19-8-4-9-19)16-25(36-37)24-15-23(12-13-27(24)38)35-28(39)20-10-5-11-22(14-20)30(31,32)33/h2-3,5-7,10-16,19,38H,4,8-9,17H2,1H3,(H,34,40)(H,35,39). The van der Waals surface area contributed by atoms with E-state index in [9.17, 15) is 27.9 Å². The first-order valence-electron chi connectivity index (χ1n) is 12.8. The van der Waals surface area contributed by atoms with Crippen molar-refractivity contribution in [2.45, 2.75) is 44.8 Å². The van der Waals surface area contributed by atoms with Crippen LogP contribution in [0.4, 0.5) is 23.7 Å². The lowest BCUT2D eigenvalue weighted by Crippen LogP contribution is -2.31. The molecule has 0 radical (unpaired) electrons. The minimum absolute atomic E-state index is 0.123. The average Bonchev–Trinajstić information content (AvgIpc) is 3.32. The maximum absolute atomic E-state index is 13.2. The molecule has 0 bridgehead atoms. The topological polar surface area (TPSA) is 96.3 Å². The average molecular weight is 549 g/mol. The van der Waals surface area contributed by atoms with Crippen molar-refractivity contribution in [3.8, 4) is 17.0 Å². The number of rotatable bonds is 6. The Morgan fingerprint density at radius 3 is 2.50 bits per heavy atom. The minimum Gasteiger partial charge on any atom is -0.507 e. The molecule has 206 valence electrons. The number of anilines is 1. The van der Waals surface area contributed by atoms with Gasteiger partial charge in [-0.15, -0.1) is 0 Å². The molecular formula is C30H27F3N4O3. The molecule has 0 saturated heterocycles. The van der Waals surface area contributed by atoms with Crippen LogP contribution in [-0.2, 0) is 12.7 Å². The van der Waals surface area contributed by atoms with Gasteiger partial charge in [-0.25, -0.2) is 4.79 Å². The van der Waals surface area contributed by atoms with E-state index in [-0.39, 0.29) is 28.5 Å². The van der Waals surface area contributed by atoms with E-state index in [0.29, 0.717) is 12.2 Å². The molecule has 5 rings (SSSR count). The molecule has 3 N–H and O–H groups in total. The van der Waals surface area contributed by atoms with E-state index in [1.807, 2.05) is 31.2 Å².